The first-order valence-electron chi connectivity index (χ1n) is 16.5. The van der Waals surface area contributed by atoms with E-state index in [1.807, 2.05) is 48.8 Å². The molecule has 1 aliphatic rings. The standard InChI is InChI=1S/C40H48N4O2/c1-39(2,3)31-19-27(23-33-13-9-11-17-41-33)37(45)29(21-31)25-43-35-15-7-8-16-36(35)44-26-30-22-32(40(4,5)6)20-28(38(30)46)24-34-14-10-12-18-42-34/h9-14,17-22,25-26,35-36,45-46H,7-8,15-16,23-24H2,1-6H3/t35-,36-/m1/s1. The Morgan fingerprint density at radius 1 is 0.652 bits per heavy atom. The molecule has 2 aromatic carbocycles. The first kappa shape index (κ1) is 33.1. The fourth-order valence-electron chi connectivity index (χ4n) is 5.96. The minimum atomic E-state index is -0.0914. The summed E-state index contributed by atoms with van der Waals surface area (Å²) in [6.07, 6.45) is 12.4. The van der Waals surface area contributed by atoms with Gasteiger partial charge in [0.1, 0.15) is 11.5 Å². The lowest BCUT2D eigenvalue weighted by atomic mass is 9.84. The zero-order valence-corrected chi connectivity index (χ0v) is 28.2. The molecule has 6 heteroatoms. The van der Waals surface area contributed by atoms with E-state index in [4.69, 9.17) is 9.98 Å². The Labute approximate surface area is 274 Å². The highest BCUT2D eigenvalue weighted by atomic mass is 16.3. The topological polar surface area (TPSA) is 91.0 Å². The highest BCUT2D eigenvalue weighted by Crippen LogP contribution is 2.34. The Balaban J connectivity index is 1.44. The van der Waals surface area contributed by atoms with E-state index in [1.54, 1.807) is 12.4 Å². The average Bonchev–Trinajstić information content (AvgIpc) is 3.02. The Morgan fingerprint density at radius 2 is 1.07 bits per heavy atom. The van der Waals surface area contributed by atoms with Crippen molar-refractivity contribution in [3.63, 3.8) is 0 Å². The summed E-state index contributed by atoms with van der Waals surface area (Å²) in [6, 6.07) is 20.0. The maximum absolute atomic E-state index is 11.4. The molecule has 2 N–H and O–H groups in total. The molecule has 0 spiro atoms. The van der Waals surface area contributed by atoms with Crippen molar-refractivity contribution in [2.75, 3.05) is 0 Å². The quantitative estimate of drug-likeness (QED) is 0.194. The van der Waals surface area contributed by atoms with Crippen LogP contribution in [0.5, 0.6) is 11.5 Å². The van der Waals surface area contributed by atoms with Crippen LogP contribution < -0.4 is 0 Å². The second kappa shape index (κ2) is 14.0. The fourth-order valence-corrected chi connectivity index (χ4v) is 5.96. The molecule has 0 unspecified atom stereocenters. The highest BCUT2D eigenvalue weighted by molar-refractivity contribution is 5.86. The summed E-state index contributed by atoms with van der Waals surface area (Å²) in [5, 5.41) is 22.7. The molecule has 0 bridgehead atoms. The monoisotopic (exact) mass is 616 g/mol. The van der Waals surface area contributed by atoms with Gasteiger partial charge < -0.3 is 10.2 Å². The predicted molar refractivity (Wildman–Crippen MR) is 189 cm³/mol. The van der Waals surface area contributed by atoms with Gasteiger partial charge in [0.25, 0.3) is 0 Å². The van der Waals surface area contributed by atoms with Crippen molar-refractivity contribution in [2.24, 2.45) is 9.98 Å². The second-order valence-corrected chi connectivity index (χ2v) is 14.6. The number of phenolic OH excluding ortho intramolecular Hbond substituents is 2. The van der Waals surface area contributed by atoms with Crippen LogP contribution in [0.1, 0.15) is 112 Å². The van der Waals surface area contributed by atoms with Crippen LogP contribution >= 0.6 is 0 Å². The van der Waals surface area contributed by atoms with Gasteiger partial charge in [0.15, 0.2) is 0 Å². The van der Waals surface area contributed by atoms with Crippen molar-refractivity contribution in [3.8, 4) is 11.5 Å². The maximum Gasteiger partial charge on any atom is 0.127 e. The molecule has 1 aliphatic carbocycles. The van der Waals surface area contributed by atoms with Crippen molar-refractivity contribution in [1.29, 1.82) is 0 Å². The molecule has 2 heterocycles. The van der Waals surface area contributed by atoms with Crippen LogP contribution in [0.2, 0.25) is 0 Å². The summed E-state index contributed by atoms with van der Waals surface area (Å²) in [5.74, 6) is 0.505. The van der Waals surface area contributed by atoms with E-state index in [2.05, 4.69) is 75.8 Å². The Kier molecular flexibility index (Phi) is 10.0. The lowest BCUT2D eigenvalue weighted by molar-refractivity contribution is 0.390. The number of aromatic hydroxyl groups is 2. The lowest BCUT2D eigenvalue weighted by Crippen LogP contribution is -2.27. The van der Waals surface area contributed by atoms with Crippen LogP contribution in [-0.4, -0.2) is 44.7 Å². The molecule has 0 radical (unpaired) electrons. The lowest BCUT2D eigenvalue weighted by Gasteiger charge is -2.26. The third-order valence-corrected chi connectivity index (χ3v) is 8.87. The van der Waals surface area contributed by atoms with E-state index in [0.29, 0.717) is 12.8 Å². The van der Waals surface area contributed by atoms with Crippen LogP contribution in [0.25, 0.3) is 0 Å². The first-order valence-corrected chi connectivity index (χ1v) is 16.5. The number of rotatable bonds is 8. The number of nitrogens with zero attached hydrogens (tertiary/aromatic N) is 4. The second-order valence-electron chi connectivity index (χ2n) is 14.6. The van der Waals surface area contributed by atoms with Crippen LogP contribution in [0.3, 0.4) is 0 Å². The highest BCUT2D eigenvalue weighted by Gasteiger charge is 2.25. The van der Waals surface area contributed by atoms with Crippen molar-refractivity contribution in [1.82, 2.24) is 9.97 Å². The van der Waals surface area contributed by atoms with Gasteiger partial charge in [-0.2, -0.15) is 0 Å². The van der Waals surface area contributed by atoms with Gasteiger partial charge in [0, 0.05) is 71.3 Å². The minimum Gasteiger partial charge on any atom is -0.507 e. The molecule has 46 heavy (non-hydrogen) atoms. The third-order valence-electron chi connectivity index (χ3n) is 8.87. The van der Waals surface area contributed by atoms with Crippen molar-refractivity contribution >= 4 is 12.4 Å². The van der Waals surface area contributed by atoms with Crippen LogP contribution in [0.4, 0.5) is 0 Å². The van der Waals surface area contributed by atoms with Gasteiger partial charge in [0.05, 0.1) is 12.1 Å². The van der Waals surface area contributed by atoms with Gasteiger partial charge in [-0.1, -0.05) is 78.6 Å². The van der Waals surface area contributed by atoms with Crippen molar-refractivity contribution < 1.29 is 10.2 Å². The summed E-state index contributed by atoms with van der Waals surface area (Å²) in [7, 11) is 0. The van der Waals surface area contributed by atoms with Gasteiger partial charge in [-0.25, -0.2) is 0 Å². The number of aromatic nitrogens is 2. The number of pyridine rings is 2. The van der Waals surface area contributed by atoms with Crippen LogP contribution in [0.15, 0.2) is 83.0 Å². The molecule has 4 aromatic rings. The largest absolute Gasteiger partial charge is 0.507 e. The number of phenols is 2. The molecule has 0 amide bonds. The van der Waals surface area contributed by atoms with Gasteiger partial charge in [-0.15, -0.1) is 0 Å². The molecule has 0 saturated heterocycles. The van der Waals surface area contributed by atoms with Crippen LogP contribution in [-0.2, 0) is 23.7 Å². The van der Waals surface area contributed by atoms with E-state index in [-0.39, 0.29) is 34.4 Å². The van der Waals surface area contributed by atoms with E-state index < -0.39 is 0 Å². The third kappa shape index (κ3) is 8.28. The van der Waals surface area contributed by atoms with Gasteiger partial charge in [0.2, 0.25) is 0 Å². The number of hydrogen-bond donors (Lipinski definition) is 2. The van der Waals surface area contributed by atoms with Crippen molar-refractivity contribution in [2.45, 2.75) is 103 Å². The van der Waals surface area contributed by atoms with E-state index in [0.717, 1.165) is 70.5 Å². The molecule has 6 nitrogen and oxygen atoms in total. The first-order chi connectivity index (χ1) is 21.9. The molecule has 240 valence electrons. The van der Waals surface area contributed by atoms with E-state index >= 15 is 0 Å². The number of aliphatic imine (C=N–C) groups is 2. The molecular weight excluding hydrogens is 568 g/mol. The smallest absolute Gasteiger partial charge is 0.127 e. The SMILES string of the molecule is CC(C)(C)c1cc(C=N[C@@H]2CCCC[C@H]2N=Cc2cc(C(C)(C)C)cc(Cc3ccccn3)c2O)c(O)c(Cc2ccccn2)c1. The van der Waals surface area contributed by atoms with Gasteiger partial charge >= 0.3 is 0 Å². The summed E-state index contributed by atoms with van der Waals surface area (Å²) in [4.78, 5) is 19.1. The molecule has 1 saturated carbocycles. The minimum absolute atomic E-state index is 0.0112. The molecule has 2 aromatic heterocycles. The summed E-state index contributed by atoms with van der Waals surface area (Å²) < 4.78 is 0. The zero-order chi connectivity index (χ0) is 32.9. The fraction of sp³-hybridized carbons (Fsp3) is 0.400. The Hall–Kier alpha value is -4.32. The van der Waals surface area contributed by atoms with Crippen LogP contribution in [0, 0.1) is 0 Å². The van der Waals surface area contributed by atoms with Gasteiger partial charge in [-0.05, 0) is 71.2 Å². The van der Waals surface area contributed by atoms with Crippen molar-refractivity contribution in [3.05, 3.63) is 118 Å². The summed E-state index contributed by atoms with van der Waals surface area (Å²) in [6.45, 7) is 13.1. The Morgan fingerprint density at radius 3 is 1.41 bits per heavy atom. The van der Waals surface area contributed by atoms with E-state index in [9.17, 15) is 10.2 Å². The maximum atomic E-state index is 11.4. The zero-order valence-electron chi connectivity index (χ0n) is 28.2. The van der Waals surface area contributed by atoms with Gasteiger partial charge in [-0.3, -0.25) is 20.0 Å². The predicted octanol–water partition coefficient (Wildman–Crippen LogP) is 8.51. The molecule has 2 atom stereocenters. The number of hydrogen-bond acceptors (Lipinski definition) is 6. The average molecular weight is 617 g/mol. The molecule has 5 rings (SSSR count). The summed E-state index contributed by atoms with van der Waals surface area (Å²) >= 11 is 0. The molecular formula is C40H48N4O2. The normalized spacial score (nSPS) is 17.6. The summed E-state index contributed by atoms with van der Waals surface area (Å²) in [5.41, 5.74) is 7.08. The molecule has 0 aliphatic heterocycles. The van der Waals surface area contributed by atoms with E-state index in [1.165, 1.54) is 0 Å². The number of benzene rings is 2. The Bertz CT molecular complexity index is 1560. The molecule has 1 fully saturated rings.